The fourth-order valence-corrected chi connectivity index (χ4v) is 1.10. The minimum absolute atomic E-state index is 0.130. The first kappa shape index (κ1) is 9.16. The predicted octanol–water partition coefficient (Wildman–Crippen LogP) is 1.04. The molecule has 1 aromatic rings. The van der Waals surface area contributed by atoms with E-state index in [-0.39, 0.29) is 5.69 Å². The second-order valence-corrected chi connectivity index (χ2v) is 2.63. The van der Waals surface area contributed by atoms with E-state index >= 15 is 0 Å². The summed E-state index contributed by atoms with van der Waals surface area (Å²) in [6.07, 6.45) is 1.34. The maximum absolute atomic E-state index is 12.3. The molecule has 0 bridgehead atoms. The lowest BCUT2D eigenvalue weighted by Crippen LogP contribution is -2.35. The van der Waals surface area contributed by atoms with Crippen LogP contribution in [0, 0.1) is 0 Å². The largest absolute Gasteiger partial charge is 0.512 e. The Hall–Kier alpha value is -0.935. The topological polar surface area (TPSA) is 17.8 Å². The standard InChI is InChI=1S/C6H9BF3N2/c1-3-6-5(7(8,9)10)4-12(2)11-6/h4H,3H2,1-2H3/q-1. The van der Waals surface area contributed by atoms with Gasteiger partial charge in [0.25, 0.3) is 0 Å². The Bertz CT molecular complexity index is 279. The molecule has 1 rings (SSSR count). The summed E-state index contributed by atoms with van der Waals surface area (Å²) in [5.41, 5.74) is -0.440. The van der Waals surface area contributed by atoms with E-state index in [0.29, 0.717) is 6.42 Å². The van der Waals surface area contributed by atoms with Gasteiger partial charge in [-0.3, -0.25) is 4.68 Å². The van der Waals surface area contributed by atoms with E-state index in [1.807, 2.05) is 0 Å². The number of aryl methyl sites for hydroxylation is 2. The number of halogens is 3. The van der Waals surface area contributed by atoms with E-state index in [1.54, 1.807) is 6.92 Å². The summed E-state index contributed by atoms with van der Waals surface area (Å²) in [4.78, 5) is 0. The Morgan fingerprint density at radius 1 is 1.50 bits per heavy atom. The fourth-order valence-electron chi connectivity index (χ4n) is 1.10. The van der Waals surface area contributed by atoms with Gasteiger partial charge in [0.2, 0.25) is 0 Å². The van der Waals surface area contributed by atoms with Crippen molar-refractivity contribution in [1.82, 2.24) is 9.78 Å². The van der Waals surface area contributed by atoms with Gasteiger partial charge in [-0.1, -0.05) is 12.4 Å². The molecular weight excluding hydrogens is 168 g/mol. The summed E-state index contributed by atoms with van der Waals surface area (Å²) in [6, 6.07) is 0. The molecule has 1 heterocycles. The highest BCUT2D eigenvalue weighted by molar-refractivity contribution is 6.73. The quantitative estimate of drug-likeness (QED) is 0.617. The number of rotatable bonds is 2. The zero-order chi connectivity index (χ0) is 9.35. The molecule has 0 spiro atoms. The summed E-state index contributed by atoms with van der Waals surface area (Å²) < 4.78 is 38.0. The van der Waals surface area contributed by atoms with Crippen molar-refractivity contribution in [2.45, 2.75) is 13.3 Å². The third-order valence-corrected chi connectivity index (χ3v) is 1.63. The van der Waals surface area contributed by atoms with Crippen LogP contribution in [0.1, 0.15) is 12.6 Å². The zero-order valence-electron chi connectivity index (χ0n) is 6.89. The van der Waals surface area contributed by atoms with E-state index in [4.69, 9.17) is 0 Å². The van der Waals surface area contributed by atoms with Crippen LogP contribution in [0.15, 0.2) is 6.20 Å². The first-order chi connectivity index (χ1) is 5.45. The van der Waals surface area contributed by atoms with Crippen LogP contribution in [0.5, 0.6) is 0 Å². The molecule has 0 atom stereocenters. The summed E-state index contributed by atoms with van der Waals surface area (Å²) >= 11 is 0. The van der Waals surface area contributed by atoms with Gasteiger partial charge in [-0.05, 0) is 12.6 Å². The number of aromatic nitrogens is 2. The third kappa shape index (κ3) is 1.62. The Labute approximate surface area is 68.4 Å². The zero-order valence-corrected chi connectivity index (χ0v) is 6.89. The van der Waals surface area contributed by atoms with Crippen molar-refractivity contribution in [2.24, 2.45) is 7.05 Å². The molecule has 0 aromatic carbocycles. The number of hydrogen-bond donors (Lipinski definition) is 0. The lowest BCUT2D eigenvalue weighted by Gasteiger charge is -2.12. The van der Waals surface area contributed by atoms with Crippen molar-refractivity contribution in [3.8, 4) is 0 Å². The minimum Gasteiger partial charge on any atom is -0.445 e. The average Bonchev–Trinajstić information content (AvgIpc) is 2.29. The van der Waals surface area contributed by atoms with E-state index in [1.165, 1.54) is 11.7 Å². The highest BCUT2D eigenvalue weighted by Gasteiger charge is 2.29. The molecule has 0 aliphatic heterocycles. The van der Waals surface area contributed by atoms with Gasteiger partial charge in [-0.25, -0.2) is 0 Å². The van der Waals surface area contributed by atoms with E-state index in [0.717, 1.165) is 6.20 Å². The SMILES string of the molecule is CCc1nn(C)cc1[B-](F)(F)F. The Morgan fingerprint density at radius 2 is 2.08 bits per heavy atom. The molecule has 0 aliphatic rings. The van der Waals surface area contributed by atoms with Gasteiger partial charge in [0.05, 0.1) is 0 Å². The molecule has 0 saturated carbocycles. The van der Waals surface area contributed by atoms with Crippen LogP contribution in [-0.4, -0.2) is 16.8 Å². The first-order valence-corrected chi connectivity index (χ1v) is 3.67. The molecule has 0 radical (unpaired) electrons. The van der Waals surface area contributed by atoms with Crippen molar-refractivity contribution in [3.63, 3.8) is 0 Å². The van der Waals surface area contributed by atoms with Crippen molar-refractivity contribution >= 4 is 12.4 Å². The molecule has 0 fully saturated rings. The monoisotopic (exact) mass is 177 g/mol. The normalized spacial score (nSPS) is 12.1. The second kappa shape index (κ2) is 2.84. The van der Waals surface area contributed by atoms with Crippen molar-refractivity contribution in [1.29, 1.82) is 0 Å². The second-order valence-electron chi connectivity index (χ2n) is 2.63. The Kier molecular flexibility index (Phi) is 2.17. The van der Waals surface area contributed by atoms with Crippen LogP contribution in [0.4, 0.5) is 12.9 Å². The van der Waals surface area contributed by atoms with Crippen molar-refractivity contribution in [2.75, 3.05) is 0 Å². The first-order valence-electron chi connectivity index (χ1n) is 3.67. The lowest BCUT2D eigenvalue weighted by atomic mass is 9.80. The Morgan fingerprint density at radius 3 is 2.42 bits per heavy atom. The molecule has 0 N–H and O–H groups in total. The highest BCUT2D eigenvalue weighted by Crippen LogP contribution is 2.11. The van der Waals surface area contributed by atoms with E-state index < -0.39 is 12.4 Å². The van der Waals surface area contributed by atoms with Gasteiger partial charge < -0.3 is 12.9 Å². The summed E-state index contributed by atoms with van der Waals surface area (Å²) in [7, 11) is 1.49. The molecule has 0 unspecified atom stereocenters. The molecular formula is C6H9BF3N2-. The van der Waals surface area contributed by atoms with Gasteiger partial charge in [0.1, 0.15) is 0 Å². The van der Waals surface area contributed by atoms with Crippen LogP contribution in [0.3, 0.4) is 0 Å². The van der Waals surface area contributed by atoms with Crippen LogP contribution in [-0.2, 0) is 13.5 Å². The highest BCUT2D eigenvalue weighted by atomic mass is 19.4. The number of nitrogens with zero attached hydrogens (tertiary/aromatic N) is 2. The molecule has 0 amide bonds. The van der Waals surface area contributed by atoms with Crippen molar-refractivity contribution in [3.05, 3.63) is 11.9 Å². The summed E-state index contributed by atoms with van der Waals surface area (Å²) in [6.45, 7) is -3.24. The van der Waals surface area contributed by atoms with Crippen LogP contribution < -0.4 is 5.46 Å². The van der Waals surface area contributed by atoms with Gasteiger partial charge in [0.15, 0.2) is 0 Å². The maximum atomic E-state index is 12.3. The summed E-state index contributed by atoms with van der Waals surface area (Å²) in [5.74, 6) is 0. The van der Waals surface area contributed by atoms with Gasteiger partial charge in [-0.15, -0.1) is 0 Å². The molecule has 1 aromatic heterocycles. The number of hydrogen-bond acceptors (Lipinski definition) is 1. The third-order valence-electron chi connectivity index (χ3n) is 1.63. The summed E-state index contributed by atoms with van der Waals surface area (Å²) in [5, 5.41) is 3.71. The lowest BCUT2D eigenvalue weighted by molar-refractivity contribution is 0.500. The van der Waals surface area contributed by atoms with Crippen molar-refractivity contribution < 1.29 is 12.9 Å². The minimum atomic E-state index is -4.90. The molecule has 0 aliphatic carbocycles. The fraction of sp³-hybridized carbons (Fsp3) is 0.500. The molecule has 6 heteroatoms. The van der Waals surface area contributed by atoms with E-state index in [9.17, 15) is 12.9 Å². The maximum Gasteiger partial charge on any atom is 0.512 e. The van der Waals surface area contributed by atoms with Gasteiger partial charge in [-0.2, -0.15) is 5.10 Å². The Balaban J connectivity index is 3.13. The van der Waals surface area contributed by atoms with Gasteiger partial charge in [0, 0.05) is 12.7 Å². The molecule has 0 saturated heterocycles. The van der Waals surface area contributed by atoms with Crippen LogP contribution >= 0.6 is 0 Å². The van der Waals surface area contributed by atoms with Crippen LogP contribution in [0.2, 0.25) is 0 Å². The van der Waals surface area contributed by atoms with Crippen LogP contribution in [0.25, 0.3) is 0 Å². The van der Waals surface area contributed by atoms with E-state index in [2.05, 4.69) is 5.10 Å². The molecule has 2 nitrogen and oxygen atoms in total. The van der Waals surface area contributed by atoms with Gasteiger partial charge >= 0.3 is 6.98 Å². The molecule has 68 valence electrons. The molecule has 12 heavy (non-hydrogen) atoms. The average molecular weight is 177 g/mol. The predicted molar refractivity (Wildman–Crippen MR) is 41.3 cm³/mol. The smallest absolute Gasteiger partial charge is 0.445 e.